The average molecular weight is 374 g/mol. The Hall–Kier alpha value is -2.80. The summed E-state index contributed by atoms with van der Waals surface area (Å²) >= 11 is 0. The number of methoxy groups -OCH3 is 1. The Labute approximate surface area is 155 Å². The van der Waals surface area contributed by atoms with Gasteiger partial charge in [0.05, 0.1) is 7.11 Å². The van der Waals surface area contributed by atoms with E-state index in [1.54, 1.807) is 12.1 Å². The number of amides is 1. The Morgan fingerprint density at radius 1 is 1.15 bits per heavy atom. The van der Waals surface area contributed by atoms with Crippen LogP contribution in [0, 0.1) is 11.6 Å². The van der Waals surface area contributed by atoms with Gasteiger partial charge in [-0.05, 0) is 48.4 Å². The van der Waals surface area contributed by atoms with Crippen molar-refractivity contribution in [3.63, 3.8) is 0 Å². The molecule has 5 nitrogen and oxygen atoms in total. The Bertz CT molecular complexity index is 826. The van der Waals surface area contributed by atoms with Gasteiger partial charge in [0.15, 0.2) is 0 Å². The molecule has 0 spiro atoms. The summed E-state index contributed by atoms with van der Waals surface area (Å²) in [6.07, 6.45) is 0.384. The maximum Gasteiger partial charge on any atom is 0.323 e. The van der Waals surface area contributed by atoms with Gasteiger partial charge >= 0.3 is 5.97 Å². The summed E-state index contributed by atoms with van der Waals surface area (Å²) in [5.74, 6) is -1.50. The van der Waals surface area contributed by atoms with Gasteiger partial charge in [-0.3, -0.25) is 14.5 Å². The molecule has 0 radical (unpaired) electrons. The predicted molar refractivity (Wildman–Crippen MR) is 94.9 cm³/mol. The molecule has 0 saturated carbocycles. The number of benzene rings is 2. The summed E-state index contributed by atoms with van der Waals surface area (Å²) in [4.78, 5) is 26.3. The van der Waals surface area contributed by atoms with Crippen molar-refractivity contribution >= 4 is 11.9 Å². The highest BCUT2D eigenvalue weighted by atomic mass is 19.1. The zero-order valence-electron chi connectivity index (χ0n) is 14.8. The third kappa shape index (κ3) is 4.68. The van der Waals surface area contributed by atoms with Crippen molar-refractivity contribution in [3.8, 4) is 0 Å². The van der Waals surface area contributed by atoms with Gasteiger partial charge in [0.2, 0.25) is 0 Å². The van der Waals surface area contributed by atoms with E-state index in [0.29, 0.717) is 25.1 Å². The lowest BCUT2D eigenvalue weighted by atomic mass is 10.1. The molecule has 2 aromatic carbocycles. The number of carbonyl (C=O) groups is 2. The molecule has 1 N–H and O–H groups in total. The minimum Gasteiger partial charge on any atom is -0.468 e. The fourth-order valence-electron chi connectivity index (χ4n) is 3.30. The first-order valence-corrected chi connectivity index (χ1v) is 8.59. The zero-order chi connectivity index (χ0) is 19.4. The van der Waals surface area contributed by atoms with Crippen LogP contribution in [-0.4, -0.2) is 42.5 Å². The molecule has 27 heavy (non-hydrogen) atoms. The summed E-state index contributed by atoms with van der Waals surface area (Å²) in [7, 11) is 1.31. The molecule has 0 bridgehead atoms. The van der Waals surface area contributed by atoms with Crippen LogP contribution in [0.1, 0.15) is 22.3 Å². The zero-order valence-corrected chi connectivity index (χ0v) is 14.8. The second kappa shape index (κ2) is 8.26. The molecule has 3 rings (SSSR count). The lowest BCUT2D eigenvalue weighted by Gasteiger charge is -2.22. The fraction of sp³-hybridized carbons (Fsp3) is 0.300. The van der Waals surface area contributed by atoms with E-state index in [2.05, 4.69) is 5.32 Å². The predicted octanol–water partition coefficient (Wildman–Crippen LogP) is 2.51. The maximum absolute atomic E-state index is 13.4. The van der Waals surface area contributed by atoms with Crippen molar-refractivity contribution in [3.05, 3.63) is 71.3 Å². The van der Waals surface area contributed by atoms with Gasteiger partial charge in [0.25, 0.3) is 5.91 Å². The van der Waals surface area contributed by atoms with E-state index in [-0.39, 0.29) is 17.8 Å². The Morgan fingerprint density at radius 3 is 2.56 bits per heavy atom. The molecule has 1 saturated heterocycles. The van der Waals surface area contributed by atoms with Crippen molar-refractivity contribution in [1.82, 2.24) is 10.2 Å². The second-order valence-electron chi connectivity index (χ2n) is 6.51. The van der Waals surface area contributed by atoms with Gasteiger partial charge in [-0.15, -0.1) is 0 Å². The first-order chi connectivity index (χ1) is 13.0. The molecule has 2 atom stereocenters. The van der Waals surface area contributed by atoms with E-state index in [1.807, 2.05) is 4.90 Å². The molecule has 0 unspecified atom stereocenters. The molecule has 0 aromatic heterocycles. The maximum atomic E-state index is 13.4. The van der Waals surface area contributed by atoms with Crippen LogP contribution in [0.25, 0.3) is 0 Å². The standard InChI is InChI=1S/C20H20F2N2O3/c1-27-20(26)18-10-17(23-19(25)14-5-7-15(21)8-6-14)12-24(18)11-13-3-2-4-16(22)9-13/h2-9,17-18H,10-12H2,1H3,(H,23,25)/t17-,18-/m0/s1. The first-order valence-electron chi connectivity index (χ1n) is 8.59. The van der Waals surface area contributed by atoms with E-state index in [0.717, 1.165) is 5.56 Å². The third-order valence-corrected chi connectivity index (χ3v) is 4.59. The molecule has 1 fully saturated rings. The average Bonchev–Trinajstić information content (AvgIpc) is 3.03. The van der Waals surface area contributed by atoms with Crippen LogP contribution < -0.4 is 5.32 Å². The van der Waals surface area contributed by atoms with Gasteiger partial charge in [0, 0.05) is 24.7 Å². The highest BCUT2D eigenvalue weighted by Crippen LogP contribution is 2.22. The van der Waals surface area contributed by atoms with Crippen LogP contribution in [0.3, 0.4) is 0 Å². The van der Waals surface area contributed by atoms with Crippen LogP contribution in [0.5, 0.6) is 0 Å². The Morgan fingerprint density at radius 2 is 1.89 bits per heavy atom. The smallest absolute Gasteiger partial charge is 0.323 e. The first kappa shape index (κ1) is 19.0. The number of hydrogen-bond donors (Lipinski definition) is 1. The number of carbonyl (C=O) groups excluding carboxylic acids is 2. The van der Waals surface area contributed by atoms with Crippen molar-refractivity contribution in [2.45, 2.75) is 25.0 Å². The number of nitrogens with one attached hydrogen (secondary N) is 1. The van der Waals surface area contributed by atoms with Crippen LogP contribution >= 0.6 is 0 Å². The number of ether oxygens (including phenoxy) is 1. The molecule has 7 heteroatoms. The molecular formula is C20H20F2N2O3. The summed E-state index contributed by atoms with van der Waals surface area (Å²) in [5.41, 5.74) is 1.07. The number of likely N-dealkylation sites (tertiary alicyclic amines) is 1. The third-order valence-electron chi connectivity index (χ3n) is 4.59. The lowest BCUT2D eigenvalue weighted by molar-refractivity contribution is -0.146. The summed E-state index contributed by atoms with van der Waals surface area (Å²) in [6, 6.07) is 10.6. The quantitative estimate of drug-likeness (QED) is 0.817. The minimum atomic E-state index is -0.531. The largest absolute Gasteiger partial charge is 0.468 e. The molecule has 2 aromatic rings. The molecule has 142 valence electrons. The number of rotatable bonds is 5. The van der Waals surface area contributed by atoms with E-state index >= 15 is 0 Å². The Kier molecular flexibility index (Phi) is 5.81. The van der Waals surface area contributed by atoms with Gasteiger partial charge in [0.1, 0.15) is 17.7 Å². The van der Waals surface area contributed by atoms with Crippen molar-refractivity contribution in [2.75, 3.05) is 13.7 Å². The van der Waals surface area contributed by atoms with Crippen LogP contribution in [0.15, 0.2) is 48.5 Å². The van der Waals surface area contributed by atoms with E-state index in [1.165, 1.54) is 43.5 Å². The molecular weight excluding hydrogens is 354 g/mol. The van der Waals surface area contributed by atoms with E-state index < -0.39 is 17.8 Å². The number of hydrogen-bond acceptors (Lipinski definition) is 4. The SMILES string of the molecule is COC(=O)[C@@H]1C[C@H](NC(=O)c2ccc(F)cc2)CN1Cc1cccc(F)c1. The van der Waals surface area contributed by atoms with Crippen molar-refractivity contribution in [1.29, 1.82) is 0 Å². The number of esters is 1. The van der Waals surface area contributed by atoms with Crippen LogP contribution in [0.2, 0.25) is 0 Å². The van der Waals surface area contributed by atoms with E-state index in [9.17, 15) is 18.4 Å². The summed E-state index contributed by atoms with van der Waals surface area (Å²) in [5, 5.41) is 2.87. The van der Waals surface area contributed by atoms with Crippen LogP contribution in [0.4, 0.5) is 8.78 Å². The monoisotopic (exact) mass is 374 g/mol. The number of halogens is 2. The molecule has 0 aliphatic carbocycles. The highest BCUT2D eigenvalue weighted by Gasteiger charge is 2.38. The second-order valence-corrected chi connectivity index (χ2v) is 6.51. The van der Waals surface area contributed by atoms with Crippen molar-refractivity contribution in [2.24, 2.45) is 0 Å². The lowest BCUT2D eigenvalue weighted by Crippen LogP contribution is -2.37. The number of nitrogens with zero attached hydrogens (tertiary/aromatic N) is 1. The van der Waals surface area contributed by atoms with E-state index in [4.69, 9.17) is 4.74 Å². The Balaban J connectivity index is 1.69. The van der Waals surface area contributed by atoms with Gasteiger partial charge in [-0.1, -0.05) is 12.1 Å². The normalized spacial score (nSPS) is 19.7. The van der Waals surface area contributed by atoms with Crippen LogP contribution in [-0.2, 0) is 16.1 Å². The van der Waals surface area contributed by atoms with Gasteiger partial charge in [-0.25, -0.2) is 8.78 Å². The topological polar surface area (TPSA) is 58.6 Å². The highest BCUT2D eigenvalue weighted by molar-refractivity contribution is 5.94. The van der Waals surface area contributed by atoms with Gasteiger partial charge in [-0.2, -0.15) is 0 Å². The van der Waals surface area contributed by atoms with Gasteiger partial charge < -0.3 is 10.1 Å². The molecule has 1 aliphatic rings. The van der Waals surface area contributed by atoms with Crippen molar-refractivity contribution < 1.29 is 23.1 Å². The summed E-state index contributed by atoms with van der Waals surface area (Å²) in [6.45, 7) is 0.781. The fourth-order valence-corrected chi connectivity index (χ4v) is 3.30. The molecule has 1 aliphatic heterocycles. The summed E-state index contributed by atoms with van der Waals surface area (Å²) < 4.78 is 31.3. The minimum absolute atomic E-state index is 0.278. The molecule has 1 heterocycles. The molecule has 1 amide bonds.